The quantitative estimate of drug-likeness (QED) is 0.710. The Morgan fingerprint density at radius 1 is 1.62 bits per heavy atom. The van der Waals surface area contributed by atoms with Gasteiger partial charge in [0, 0.05) is 12.4 Å². The number of nitrogens with zero attached hydrogens (tertiary/aromatic N) is 2. The van der Waals surface area contributed by atoms with Gasteiger partial charge in [0.05, 0.1) is 17.6 Å². The van der Waals surface area contributed by atoms with E-state index in [0.29, 0.717) is 5.92 Å². The summed E-state index contributed by atoms with van der Waals surface area (Å²) in [6.45, 7) is 8.23. The van der Waals surface area contributed by atoms with Gasteiger partial charge in [-0.25, -0.2) is 4.98 Å². The highest BCUT2D eigenvalue weighted by Crippen LogP contribution is 2.23. The molecule has 0 aromatic carbocycles. The summed E-state index contributed by atoms with van der Waals surface area (Å²) in [7, 11) is 0. The van der Waals surface area contributed by atoms with Gasteiger partial charge in [0.2, 0.25) is 0 Å². The van der Waals surface area contributed by atoms with Gasteiger partial charge in [0.25, 0.3) is 0 Å². The average Bonchev–Trinajstić information content (AvgIpc) is 2.50. The molecule has 0 aliphatic rings. The summed E-state index contributed by atoms with van der Waals surface area (Å²) in [5.74, 6) is 0.388. The Hall–Kier alpha value is -1.12. The highest BCUT2D eigenvalue weighted by molar-refractivity contribution is 5.64. The molecule has 0 radical (unpaired) electrons. The van der Waals surface area contributed by atoms with Gasteiger partial charge in [-0.15, -0.1) is 0 Å². The number of imidazole rings is 1. The first-order valence-corrected chi connectivity index (χ1v) is 4.53. The number of aryl methyl sites for hydroxylation is 1. The molecule has 0 saturated carbocycles. The lowest BCUT2D eigenvalue weighted by atomic mass is 9.89. The summed E-state index contributed by atoms with van der Waals surface area (Å²) in [5, 5.41) is 7.46. The number of nitrogens with one attached hydrogen (secondary N) is 1. The normalized spacial score (nSPS) is 15.8. The highest BCUT2D eigenvalue weighted by atomic mass is 15.1. The number of rotatable bonds is 3. The van der Waals surface area contributed by atoms with Gasteiger partial charge >= 0.3 is 0 Å². The Labute approximate surface area is 79.3 Å². The van der Waals surface area contributed by atoms with Crippen LogP contribution in [0.4, 0.5) is 0 Å². The fourth-order valence-corrected chi connectivity index (χ4v) is 1.22. The van der Waals surface area contributed by atoms with Crippen LogP contribution in [0.15, 0.2) is 12.5 Å². The van der Waals surface area contributed by atoms with Crippen LogP contribution in [-0.4, -0.2) is 15.8 Å². The molecule has 1 rings (SSSR count). The maximum Gasteiger partial charge on any atom is 0.0957 e. The molecule has 13 heavy (non-hydrogen) atoms. The van der Waals surface area contributed by atoms with Gasteiger partial charge in [-0.1, -0.05) is 13.8 Å². The van der Waals surface area contributed by atoms with Crippen LogP contribution in [0.25, 0.3) is 0 Å². The maximum absolute atomic E-state index is 7.46. The fraction of sp³-hybridized carbons (Fsp3) is 0.600. The van der Waals surface area contributed by atoms with Crippen LogP contribution < -0.4 is 0 Å². The number of hydrogen-bond acceptors (Lipinski definition) is 2. The van der Waals surface area contributed by atoms with Crippen LogP contribution in [0.5, 0.6) is 0 Å². The third kappa shape index (κ3) is 1.64. The van der Waals surface area contributed by atoms with Crippen LogP contribution in [-0.2, 0) is 5.54 Å². The predicted octanol–water partition coefficient (Wildman–Crippen LogP) is 2.21. The maximum atomic E-state index is 7.46. The minimum Gasteiger partial charge on any atom is -0.326 e. The molecule has 3 heteroatoms. The first-order valence-electron chi connectivity index (χ1n) is 4.53. The number of hydrogen-bond donors (Lipinski definition) is 1. The lowest BCUT2D eigenvalue weighted by Crippen LogP contribution is -2.36. The molecule has 1 aromatic heterocycles. The van der Waals surface area contributed by atoms with Gasteiger partial charge < -0.3 is 9.98 Å². The molecule has 0 aliphatic heterocycles. The van der Waals surface area contributed by atoms with Gasteiger partial charge in [-0.05, 0) is 19.8 Å². The zero-order chi connectivity index (χ0) is 10.1. The summed E-state index contributed by atoms with van der Waals surface area (Å²) < 4.78 is 2.00. The third-order valence-corrected chi connectivity index (χ3v) is 2.73. The molecule has 0 amide bonds. The lowest BCUT2D eigenvalue weighted by molar-refractivity contribution is 0.329. The Bertz CT molecular complexity index is 301. The average molecular weight is 179 g/mol. The van der Waals surface area contributed by atoms with Crippen molar-refractivity contribution >= 4 is 6.21 Å². The summed E-state index contributed by atoms with van der Waals surface area (Å²) in [4.78, 5) is 4.17. The van der Waals surface area contributed by atoms with Gasteiger partial charge in [-0.2, -0.15) is 0 Å². The Kier molecular flexibility index (Phi) is 2.55. The third-order valence-electron chi connectivity index (χ3n) is 2.73. The van der Waals surface area contributed by atoms with Crippen LogP contribution >= 0.6 is 0 Å². The minimum absolute atomic E-state index is 0.249. The molecule has 0 spiro atoms. The van der Waals surface area contributed by atoms with E-state index in [1.807, 2.05) is 24.6 Å². The molecule has 0 saturated heterocycles. The van der Waals surface area contributed by atoms with Crippen molar-refractivity contribution in [1.29, 1.82) is 5.41 Å². The molecule has 0 fully saturated rings. The summed E-state index contributed by atoms with van der Waals surface area (Å²) >= 11 is 0. The van der Waals surface area contributed by atoms with Crippen LogP contribution in [0, 0.1) is 18.3 Å². The molecule has 0 aliphatic carbocycles. The van der Waals surface area contributed by atoms with Crippen LogP contribution in [0.3, 0.4) is 0 Å². The largest absolute Gasteiger partial charge is 0.326 e. The smallest absolute Gasteiger partial charge is 0.0957 e. The van der Waals surface area contributed by atoms with Crippen molar-refractivity contribution in [3.63, 3.8) is 0 Å². The van der Waals surface area contributed by atoms with E-state index in [9.17, 15) is 0 Å². The van der Waals surface area contributed by atoms with Crippen molar-refractivity contribution in [3.8, 4) is 0 Å². The van der Waals surface area contributed by atoms with Crippen molar-refractivity contribution in [2.45, 2.75) is 33.2 Å². The molecule has 0 unspecified atom stereocenters. The zero-order valence-corrected chi connectivity index (χ0v) is 8.70. The molecule has 0 bridgehead atoms. The Balaban J connectivity index is 3.09. The molecular weight excluding hydrogens is 162 g/mol. The van der Waals surface area contributed by atoms with Gasteiger partial charge in [0.1, 0.15) is 0 Å². The summed E-state index contributed by atoms with van der Waals surface area (Å²) in [6.07, 6.45) is 5.25. The van der Waals surface area contributed by atoms with Crippen molar-refractivity contribution in [2.75, 3.05) is 0 Å². The van der Waals surface area contributed by atoms with E-state index >= 15 is 0 Å². The molecule has 1 aromatic rings. The minimum atomic E-state index is -0.249. The summed E-state index contributed by atoms with van der Waals surface area (Å²) in [5.41, 5.74) is 0.745. The van der Waals surface area contributed by atoms with Gasteiger partial charge in [0.15, 0.2) is 0 Å². The first-order chi connectivity index (χ1) is 6.00. The fourth-order valence-electron chi connectivity index (χ4n) is 1.22. The standard InChI is InChI=1S/C10H17N3/c1-8(2)10(4,6-11)13-5-9(3)12-7-13/h5-8,11H,1-4H3/t10-/m1/s1. The van der Waals surface area contributed by atoms with Crippen molar-refractivity contribution < 1.29 is 0 Å². The van der Waals surface area contributed by atoms with E-state index in [2.05, 4.69) is 18.8 Å². The predicted molar refractivity (Wildman–Crippen MR) is 54.2 cm³/mol. The second-order valence-corrected chi connectivity index (χ2v) is 3.95. The second-order valence-electron chi connectivity index (χ2n) is 3.95. The zero-order valence-electron chi connectivity index (χ0n) is 8.70. The van der Waals surface area contributed by atoms with Crippen LogP contribution in [0.1, 0.15) is 26.5 Å². The van der Waals surface area contributed by atoms with E-state index in [0.717, 1.165) is 5.69 Å². The monoisotopic (exact) mass is 179 g/mol. The van der Waals surface area contributed by atoms with Crippen molar-refractivity contribution in [2.24, 2.45) is 5.92 Å². The molecule has 1 heterocycles. The molecular formula is C10H17N3. The summed E-state index contributed by atoms with van der Waals surface area (Å²) in [6, 6.07) is 0. The molecule has 72 valence electrons. The number of aromatic nitrogens is 2. The van der Waals surface area contributed by atoms with Gasteiger partial charge in [-0.3, -0.25) is 0 Å². The Morgan fingerprint density at radius 2 is 2.23 bits per heavy atom. The lowest BCUT2D eigenvalue weighted by Gasteiger charge is -2.30. The van der Waals surface area contributed by atoms with Crippen LogP contribution in [0.2, 0.25) is 0 Å². The van der Waals surface area contributed by atoms with E-state index in [1.54, 1.807) is 6.33 Å². The van der Waals surface area contributed by atoms with E-state index < -0.39 is 0 Å². The highest BCUT2D eigenvalue weighted by Gasteiger charge is 2.27. The van der Waals surface area contributed by atoms with Crippen molar-refractivity contribution in [1.82, 2.24) is 9.55 Å². The van der Waals surface area contributed by atoms with E-state index in [4.69, 9.17) is 5.41 Å². The Morgan fingerprint density at radius 3 is 2.54 bits per heavy atom. The molecule has 3 nitrogen and oxygen atoms in total. The first kappa shape index (κ1) is 9.96. The topological polar surface area (TPSA) is 41.7 Å². The van der Waals surface area contributed by atoms with E-state index in [1.165, 1.54) is 6.21 Å². The molecule has 1 atom stereocenters. The van der Waals surface area contributed by atoms with Crippen molar-refractivity contribution in [3.05, 3.63) is 18.2 Å². The SMILES string of the molecule is Cc1cn([C@](C)(C=N)C(C)C)cn1. The second kappa shape index (κ2) is 3.32. The van der Waals surface area contributed by atoms with E-state index in [-0.39, 0.29) is 5.54 Å². The molecule has 1 N–H and O–H groups in total.